The van der Waals surface area contributed by atoms with Crippen molar-refractivity contribution < 1.29 is 9.53 Å². The lowest BCUT2D eigenvalue weighted by Crippen LogP contribution is -2.07. The molecule has 104 valence electrons. The van der Waals surface area contributed by atoms with Gasteiger partial charge >= 0.3 is 0 Å². The van der Waals surface area contributed by atoms with Crippen LogP contribution in [-0.2, 0) is 11.4 Å². The summed E-state index contributed by atoms with van der Waals surface area (Å²) in [6.07, 6.45) is 0. The number of carbonyl (C=O) groups is 1. The quantitative estimate of drug-likeness (QED) is 0.915. The number of para-hydroxylation sites is 2. The van der Waals surface area contributed by atoms with E-state index in [-0.39, 0.29) is 5.91 Å². The van der Waals surface area contributed by atoms with E-state index in [4.69, 9.17) is 4.74 Å². The van der Waals surface area contributed by atoms with Crippen molar-refractivity contribution in [3.05, 3.63) is 59.2 Å². The van der Waals surface area contributed by atoms with Gasteiger partial charge in [-0.05, 0) is 31.5 Å². The van der Waals surface area contributed by atoms with Gasteiger partial charge in [-0.3, -0.25) is 4.79 Å². The molecule has 0 unspecified atom stereocenters. The van der Waals surface area contributed by atoms with Crippen LogP contribution in [0.25, 0.3) is 0 Å². The molecule has 20 heavy (non-hydrogen) atoms. The normalized spacial score (nSPS) is 10.2. The summed E-state index contributed by atoms with van der Waals surface area (Å²) in [7, 11) is 0. The average Bonchev–Trinajstić information content (AvgIpc) is 2.36. The standard InChI is InChI=1S/C17H19NO2/c1-12-8-13(2)10-15(9-12)11-20-17-7-5-4-6-16(17)18-14(3)19/h4-10H,11H2,1-3H3,(H,18,19). The summed E-state index contributed by atoms with van der Waals surface area (Å²) in [4.78, 5) is 11.2. The molecule has 0 bridgehead atoms. The number of benzene rings is 2. The third-order valence-corrected chi connectivity index (χ3v) is 2.87. The molecule has 0 aliphatic carbocycles. The maximum atomic E-state index is 11.2. The molecule has 0 saturated heterocycles. The van der Waals surface area contributed by atoms with Crippen LogP contribution < -0.4 is 10.1 Å². The first-order valence-electron chi connectivity index (χ1n) is 6.61. The summed E-state index contributed by atoms with van der Waals surface area (Å²) in [5.74, 6) is 0.578. The Kier molecular flexibility index (Phi) is 4.41. The monoisotopic (exact) mass is 269 g/mol. The van der Waals surface area contributed by atoms with Crippen LogP contribution in [0, 0.1) is 13.8 Å². The minimum absolute atomic E-state index is 0.104. The Balaban J connectivity index is 2.12. The van der Waals surface area contributed by atoms with Crippen LogP contribution >= 0.6 is 0 Å². The van der Waals surface area contributed by atoms with Crippen LogP contribution in [0.1, 0.15) is 23.6 Å². The van der Waals surface area contributed by atoms with Gasteiger partial charge in [0, 0.05) is 6.92 Å². The highest BCUT2D eigenvalue weighted by Gasteiger charge is 2.05. The molecule has 1 amide bonds. The van der Waals surface area contributed by atoms with E-state index in [1.165, 1.54) is 18.1 Å². The van der Waals surface area contributed by atoms with Gasteiger partial charge in [-0.25, -0.2) is 0 Å². The number of aryl methyl sites for hydroxylation is 2. The van der Waals surface area contributed by atoms with Gasteiger partial charge in [0.1, 0.15) is 12.4 Å². The predicted molar refractivity (Wildman–Crippen MR) is 81.0 cm³/mol. The van der Waals surface area contributed by atoms with Gasteiger partial charge in [-0.2, -0.15) is 0 Å². The summed E-state index contributed by atoms with van der Waals surface area (Å²) >= 11 is 0. The van der Waals surface area contributed by atoms with E-state index in [0.717, 1.165) is 5.56 Å². The zero-order valence-electron chi connectivity index (χ0n) is 12.1. The second-order valence-electron chi connectivity index (χ2n) is 4.96. The smallest absolute Gasteiger partial charge is 0.221 e. The lowest BCUT2D eigenvalue weighted by molar-refractivity contribution is -0.114. The molecule has 0 aliphatic rings. The van der Waals surface area contributed by atoms with Crippen LogP contribution in [-0.4, -0.2) is 5.91 Å². The van der Waals surface area contributed by atoms with Crippen molar-refractivity contribution in [1.82, 2.24) is 0 Å². The van der Waals surface area contributed by atoms with Gasteiger partial charge in [0.05, 0.1) is 5.69 Å². The first kappa shape index (κ1) is 14.1. The molecule has 0 fully saturated rings. The number of anilines is 1. The third kappa shape index (κ3) is 3.85. The van der Waals surface area contributed by atoms with Crippen LogP contribution in [0.15, 0.2) is 42.5 Å². The van der Waals surface area contributed by atoms with E-state index in [0.29, 0.717) is 18.0 Å². The number of ether oxygens (including phenoxy) is 1. The lowest BCUT2D eigenvalue weighted by Gasteiger charge is -2.12. The summed E-state index contributed by atoms with van der Waals surface area (Å²) in [5, 5.41) is 2.77. The van der Waals surface area contributed by atoms with Crippen molar-refractivity contribution in [3.8, 4) is 5.75 Å². The Morgan fingerprint density at radius 2 is 1.75 bits per heavy atom. The highest BCUT2D eigenvalue weighted by Crippen LogP contribution is 2.24. The number of nitrogens with one attached hydrogen (secondary N) is 1. The SMILES string of the molecule is CC(=O)Nc1ccccc1OCc1cc(C)cc(C)c1. The molecular formula is C17H19NO2. The van der Waals surface area contributed by atoms with Gasteiger partial charge in [0.15, 0.2) is 0 Å². The highest BCUT2D eigenvalue weighted by molar-refractivity contribution is 5.90. The van der Waals surface area contributed by atoms with E-state index >= 15 is 0 Å². The van der Waals surface area contributed by atoms with Crippen molar-refractivity contribution in [2.45, 2.75) is 27.4 Å². The zero-order chi connectivity index (χ0) is 14.5. The minimum atomic E-state index is -0.104. The van der Waals surface area contributed by atoms with Gasteiger partial charge < -0.3 is 10.1 Å². The molecule has 0 aromatic heterocycles. The molecule has 1 N–H and O–H groups in total. The summed E-state index contributed by atoms with van der Waals surface area (Å²) < 4.78 is 5.82. The van der Waals surface area contributed by atoms with E-state index in [1.807, 2.05) is 24.3 Å². The topological polar surface area (TPSA) is 38.3 Å². The van der Waals surface area contributed by atoms with Gasteiger partial charge in [-0.15, -0.1) is 0 Å². The first-order chi connectivity index (χ1) is 9.54. The number of hydrogen-bond donors (Lipinski definition) is 1. The Bertz CT molecular complexity index is 600. The second kappa shape index (κ2) is 6.24. The molecule has 3 heteroatoms. The predicted octanol–water partition coefficient (Wildman–Crippen LogP) is 3.84. The molecular weight excluding hydrogens is 250 g/mol. The molecule has 0 atom stereocenters. The summed E-state index contributed by atoms with van der Waals surface area (Å²) in [6.45, 7) is 6.11. The molecule has 0 saturated carbocycles. The van der Waals surface area contributed by atoms with E-state index in [2.05, 4.69) is 37.4 Å². The maximum absolute atomic E-state index is 11.2. The fraction of sp³-hybridized carbons (Fsp3) is 0.235. The Morgan fingerprint density at radius 1 is 1.10 bits per heavy atom. The van der Waals surface area contributed by atoms with Crippen molar-refractivity contribution in [2.24, 2.45) is 0 Å². The van der Waals surface area contributed by atoms with Crippen molar-refractivity contribution in [1.29, 1.82) is 0 Å². The largest absolute Gasteiger partial charge is 0.487 e. The molecule has 0 spiro atoms. The van der Waals surface area contributed by atoms with Crippen LogP contribution in [0.5, 0.6) is 5.75 Å². The van der Waals surface area contributed by atoms with Crippen molar-refractivity contribution in [3.63, 3.8) is 0 Å². The Morgan fingerprint density at radius 3 is 2.40 bits per heavy atom. The minimum Gasteiger partial charge on any atom is -0.487 e. The van der Waals surface area contributed by atoms with Crippen molar-refractivity contribution >= 4 is 11.6 Å². The van der Waals surface area contributed by atoms with Crippen LogP contribution in [0.3, 0.4) is 0 Å². The molecule has 3 nitrogen and oxygen atoms in total. The van der Waals surface area contributed by atoms with E-state index < -0.39 is 0 Å². The van der Waals surface area contributed by atoms with Gasteiger partial charge in [0.2, 0.25) is 5.91 Å². The lowest BCUT2D eigenvalue weighted by atomic mass is 10.1. The number of rotatable bonds is 4. The molecule has 0 heterocycles. The molecule has 2 rings (SSSR count). The molecule has 2 aromatic rings. The van der Waals surface area contributed by atoms with Gasteiger partial charge in [0.25, 0.3) is 0 Å². The highest BCUT2D eigenvalue weighted by atomic mass is 16.5. The number of amides is 1. The first-order valence-corrected chi connectivity index (χ1v) is 6.61. The van der Waals surface area contributed by atoms with E-state index in [9.17, 15) is 4.79 Å². The average molecular weight is 269 g/mol. The van der Waals surface area contributed by atoms with Crippen LogP contribution in [0.4, 0.5) is 5.69 Å². The van der Waals surface area contributed by atoms with Crippen molar-refractivity contribution in [2.75, 3.05) is 5.32 Å². The fourth-order valence-corrected chi connectivity index (χ4v) is 2.20. The zero-order valence-corrected chi connectivity index (χ0v) is 12.1. The molecule has 0 aliphatic heterocycles. The second-order valence-corrected chi connectivity index (χ2v) is 4.96. The van der Waals surface area contributed by atoms with E-state index in [1.54, 1.807) is 0 Å². The Labute approximate surface area is 119 Å². The summed E-state index contributed by atoms with van der Waals surface area (Å²) in [5.41, 5.74) is 4.27. The molecule has 2 aromatic carbocycles. The third-order valence-electron chi connectivity index (χ3n) is 2.87. The Hall–Kier alpha value is -2.29. The van der Waals surface area contributed by atoms with Gasteiger partial charge in [-0.1, -0.05) is 41.5 Å². The maximum Gasteiger partial charge on any atom is 0.221 e. The van der Waals surface area contributed by atoms with Crippen LogP contribution in [0.2, 0.25) is 0 Å². The number of hydrogen-bond acceptors (Lipinski definition) is 2. The number of carbonyl (C=O) groups excluding carboxylic acids is 1. The molecule has 0 radical (unpaired) electrons. The summed E-state index contributed by atoms with van der Waals surface area (Å²) in [6, 6.07) is 13.8. The fourth-order valence-electron chi connectivity index (χ4n) is 2.20.